The number of fused-ring (bicyclic) bond motifs is 1. The van der Waals surface area contributed by atoms with Gasteiger partial charge in [-0.25, -0.2) is 9.59 Å². The maximum Gasteiger partial charge on any atom is 0.338 e. The Kier molecular flexibility index (Phi) is 4.89. The summed E-state index contributed by atoms with van der Waals surface area (Å²) in [7, 11) is 0. The van der Waals surface area contributed by atoms with Crippen LogP contribution in [0.25, 0.3) is 0 Å². The van der Waals surface area contributed by atoms with Gasteiger partial charge in [-0.2, -0.15) is 0 Å². The number of esters is 1. The summed E-state index contributed by atoms with van der Waals surface area (Å²) in [5.41, 5.74) is 1.78. The number of nitrogens with one attached hydrogen (secondary N) is 2. The van der Waals surface area contributed by atoms with Gasteiger partial charge in [0, 0.05) is 12.2 Å². The maximum absolute atomic E-state index is 12.8. The van der Waals surface area contributed by atoms with Crippen molar-refractivity contribution < 1.29 is 23.8 Å². The Morgan fingerprint density at radius 3 is 2.81 bits per heavy atom. The Bertz CT molecular complexity index is 786. The van der Waals surface area contributed by atoms with E-state index in [0.29, 0.717) is 29.3 Å². The van der Waals surface area contributed by atoms with E-state index in [-0.39, 0.29) is 19.4 Å². The lowest BCUT2D eigenvalue weighted by atomic mass is 9.94. The van der Waals surface area contributed by atoms with Crippen LogP contribution in [0.3, 0.4) is 0 Å². The van der Waals surface area contributed by atoms with Gasteiger partial charge in [-0.05, 0) is 50.6 Å². The van der Waals surface area contributed by atoms with E-state index in [2.05, 4.69) is 15.5 Å². The second-order valence-corrected chi connectivity index (χ2v) is 6.74. The maximum atomic E-state index is 12.8. The number of rotatable bonds is 5. The number of urea groups is 1. The number of ether oxygens (including phenoxy) is 3. The van der Waals surface area contributed by atoms with Crippen molar-refractivity contribution in [2.45, 2.75) is 25.8 Å². The van der Waals surface area contributed by atoms with Crippen LogP contribution in [0.1, 0.15) is 31.4 Å². The molecule has 1 atom stereocenters. The highest BCUT2D eigenvalue weighted by molar-refractivity contribution is 5.95. The number of likely N-dealkylation sites (tertiary alicyclic amines) is 1. The Morgan fingerprint density at radius 1 is 1.26 bits per heavy atom. The largest absolute Gasteiger partial charge is 0.463 e. The summed E-state index contributed by atoms with van der Waals surface area (Å²) in [5.74, 6) is 0.824. The normalized spacial score (nSPS) is 21.8. The van der Waals surface area contributed by atoms with Crippen molar-refractivity contribution in [1.82, 2.24) is 15.5 Å². The van der Waals surface area contributed by atoms with E-state index in [0.717, 1.165) is 31.5 Å². The standard InChI is InChI=1S/C19H23N3O5/c1-2-25-18(23)16-13(10-22-7-3-4-8-22)20-19(24)21-17(16)12-5-6-14-15(9-12)27-11-26-14/h5-6,9,17H,2-4,7-8,10-11H2,1H3,(H2,20,21,24). The smallest absolute Gasteiger partial charge is 0.338 e. The molecule has 3 aliphatic heterocycles. The predicted octanol–water partition coefficient (Wildman–Crippen LogP) is 1.68. The molecular weight excluding hydrogens is 350 g/mol. The quantitative estimate of drug-likeness (QED) is 0.764. The molecule has 1 unspecified atom stereocenters. The molecule has 144 valence electrons. The third-order valence-electron chi connectivity index (χ3n) is 4.96. The molecule has 0 aliphatic carbocycles. The first-order valence-electron chi connectivity index (χ1n) is 9.25. The van der Waals surface area contributed by atoms with Gasteiger partial charge in [-0.3, -0.25) is 4.90 Å². The summed E-state index contributed by atoms with van der Waals surface area (Å²) in [5, 5.41) is 5.66. The summed E-state index contributed by atoms with van der Waals surface area (Å²) >= 11 is 0. The van der Waals surface area contributed by atoms with Crippen molar-refractivity contribution >= 4 is 12.0 Å². The zero-order valence-corrected chi connectivity index (χ0v) is 15.2. The van der Waals surface area contributed by atoms with Gasteiger partial charge in [-0.15, -0.1) is 0 Å². The van der Waals surface area contributed by atoms with Crippen LogP contribution in [-0.2, 0) is 9.53 Å². The average molecular weight is 373 g/mol. The highest BCUT2D eigenvalue weighted by Gasteiger charge is 2.35. The van der Waals surface area contributed by atoms with Gasteiger partial charge in [0.15, 0.2) is 11.5 Å². The second kappa shape index (κ2) is 7.48. The summed E-state index contributed by atoms with van der Waals surface area (Å²) in [6.07, 6.45) is 2.25. The average Bonchev–Trinajstić information content (AvgIpc) is 3.32. The summed E-state index contributed by atoms with van der Waals surface area (Å²) < 4.78 is 16.1. The van der Waals surface area contributed by atoms with E-state index in [1.807, 2.05) is 6.07 Å². The topological polar surface area (TPSA) is 89.1 Å². The summed E-state index contributed by atoms with van der Waals surface area (Å²) in [6, 6.07) is 4.47. The van der Waals surface area contributed by atoms with Crippen molar-refractivity contribution in [3.63, 3.8) is 0 Å². The highest BCUT2D eigenvalue weighted by Crippen LogP contribution is 2.37. The van der Waals surface area contributed by atoms with Gasteiger partial charge in [0.2, 0.25) is 6.79 Å². The zero-order chi connectivity index (χ0) is 18.8. The zero-order valence-electron chi connectivity index (χ0n) is 15.2. The lowest BCUT2D eigenvalue weighted by molar-refractivity contribution is -0.139. The van der Waals surface area contributed by atoms with E-state index >= 15 is 0 Å². The number of amides is 2. The highest BCUT2D eigenvalue weighted by atomic mass is 16.7. The molecule has 1 aromatic carbocycles. The van der Waals surface area contributed by atoms with Crippen molar-refractivity contribution in [3.05, 3.63) is 35.0 Å². The Labute approximate surface area is 157 Å². The van der Waals surface area contributed by atoms with Crippen LogP contribution in [0.4, 0.5) is 4.79 Å². The van der Waals surface area contributed by atoms with E-state index in [4.69, 9.17) is 14.2 Å². The molecule has 0 aromatic heterocycles. The van der Waals surface area contributed by atoms with E-state index < -0.39 is 12.0 Å². The molecule has 3 aliphatic rings. The molecule has 0 bridgehead atoms. The van der Waals surface area contributed by atoms with E-state index in [1.54, 1.807) is 19.1 Å². The molecule has 0 radical (unpaired) electrons. The fourth-order valence-corrected chi connectivity index (χ4v) is 3.70. The van der Waals surface area contributed by atoms with Crippen LogP contribution in [-0.4, -0.2) is 49.9 Å². The van der Waals surface area contributed by atoms with Gasteiger partial charge in [0.1, 0.15) is 0 Å². The first-order chi connectivity index (χ1) is 13.2. The van der Waals surface area contributed by atoms with Gasteiger partial charge in [0.05, 0.1) is 18.2 Å². The van der Waals surface area contributed by atoms with Crippen LogP contribution in [0.5, 0.6) is 11.5 Å². The summed E-state index contributed by atoms with van der Waals surface area (Å²) in [6.45, 7) is 4.63. The van der Waals surface area contributed by atoms with Gasteiger partial charge >= 0.3 is 12.0 Å². The van der Waals surface area contributed by atoms with Crippen molar-refractivity contribution in [2.24, 2.45) is 0 Å². The molecule has 8 heteroatoms. The van der Waals surface area contributed by atoms with Crippen molar-refractivity contribution in [1.29, 1.82) is 0 Å². The van der Waals surface area contributed by atoms with Crippen molar-refractivity contribution in [3.8, 4) is 11.5 Å². The minimum absolute atomic E-state index is 0.165. The Morgan fingerprint density at radius 2 is 2.04 bits per heavy atom. The van der Waals surface area contributed by atoms with Crippen LogP contribution in [0.15, 0.2) is 29.5 Å². The molecular formula is C19H23N3O5. The fraction of sp³-hybridized carbons (Fsp3) is 0.474. The number of carbonyl (C=O) groups is 2. The van der Waals surface area contributed by atoms with Gasteiger partial charge in [0.25, 0.3) is 0 Å². The fourth-order valence-electron chi connectivity index (χ4n) is 3.70. The SMILES string of the molecule is CCOC(=O)C1=C(CN2CCCC2)NC(=O)NC1c1ccc2c(c1)OCO2. The predicted molar refractivity (Wildman–Crippen MR) is 96.3 cm³/mol. The molecule has 27 heavy (non-hydrogen) atoms. The summed E-state index contributed by atoms with van der Waals surface area (Å²) in [4.78, 5) is 27.3. The van der Waals surface area contributed by atoms with E-state index in [9.17, 15) is 9.59 Å². The van der Waals surface area contributed by atoms with Crippen LogP contribution < -0.4 is 20.1 Å². The number of carbonyl (C=O) groups excluding carboxylic acids is 2. The lowest BCUT2D eigenvalue weighted by Crippen LogP contribution is -2.48. The lowest BCUT2D eigenvalue weighted by Gasteiger charge is -2.31. The molecule has 3 heterocycles. The first-order valence-corrected chi connectivity index (χ1v) is 9.25. The molecule has 0 saturated carbocycles. The van der Waals surface area contributed by atoms with Crippen LogP contribution in [0, 0.1) is 0 Å². The minimum atomic E-state index is -0.607. The number of hydrogen-bond acceptors (Lipinski definition) is 6. The van der Waals surface area contributed by atoms with Gasteiger partial charge in [-0.1, -0.05) is 6.07 Å². The molecule has 1 aromatic rings. The van der Waals surface area contributed by atoms with Gasteiger partial charge < -0.3 is 24.8 Å². The number of hydrogen-bond donors (Lipinski definition) is 2. The number of nitrogens with zero attached hydrogens (tertiary/aromatic N) is 1. The molecule has 4 rings (SSSR count). The molecule has 1 fully saturated rings. The molecule has 1 saturated heterocycles. The number of benzene rings is 1. The Balaban J connectivity index is 1.72. The Hall–Kier alpha value is -2.74. The van der Waals surface area contributed by atoms with E-state index in [1.165, 1.54) is 0 Å². The molecule has 2 amide bonds. The molecule has 8 nitrogen and oxygen atoms in total. The first kappa shape index (κ1) is 17.7. The molecule has 0 spiro atoms. The monoisotopic (exact) mass is 373 g/mol. The minimum Gasteiger partial charge on any atom is -0.463 e. The second-order valence-electron chi connectivity index (χ2n) is 6.74. The third-order valence-corrected chi connectivity index (χ3v) is 4.96. The van der Waals surface area contributed by atoms with Crippen LogP contribution >= 0.6 is 0 Å². The third kappa shape index (κ3) is 3.57. The molecule has 2 N–H and O–H groups in total. The van der Waals surface area contributed by atoms with Crippen LogP contribution in [0.2, 0.25) is 0 Å². The van der Waals surface area contributed by atoms with Crippen molar-refractivity contribution in [2.75, 3.05) is 33.0 Å².